The zero-order chi connectivity index (χ0) is 11.7. The summed E-state index contributed by atoms with van der Waals surface area (Å²) >= 11 is 8.23. The Bertz CT molecular complexity index is 403. The third kappa shape index (κ3) is 2.28. The molecule has 0 aromatic heterocycles. The molecule has 0 spiro atoms. The minimum atomic E-state index is -0.00231. The Hall–Kier alpha value is -0.460. The summed E-state index contributed by atoms with van der Waals surface area (Å²) in [4.78, 5) is 16.1. The van der Waals surface area contributed by atoms with E-state index in [9.17, 15) is 4.79 Å². The Morgan fingerprint density at radius 3 is 2.62 bits per heavy atom. The minimum absolute atomic E-state index is 0.00231. The van der Waals surface area contributed by atoms with E-state index in [1.807, 2.05) is 23.9 Å². The summed E-state index contributed by atoms with van der Waals surface area (Å²) in [6.45, 7) is 1.07. The Balaban J connectivity index is 2.14. The van der Waals surface area contributed by atoms with Crippen molar-refractivity contribution >= 4 is 46.0 Å². The molecule has 2 heterocycles. The van der Waals surface area contributed by atoms with Gasteiger partial charge < -0.3 is 4.90 Å². The van der Waals surface area contributed by atoms with Gasteiger partial charge in [-0.25, -0.2) is 0 Å². The zero-order valence-corrected chi connectivity index (χ0v) is 11.5. The van der Waals surface area contributed by atoms with Crippen molar-refractivity contribution < 1.29 is 4.79 Å². The second-order valence-electron chi connectivity index (χ2n) is 3.54. The molecule has 86 valence electrons. The van der Waals surface area contributed by atoms with E-state index in [-0.39, 0.29) is 5.91 Å². The van der Waals surface area contributed by atoms with Gasteiger partial charge in [0.15, 0.2) is 0 Å². The molecule has 0 aliphatic carbocycles. The van der Waals surface area contributed by atoms with Crippen LogP contribution in [-0.2, 0) is 4.79 Å². The maximum Gasteiger partial charge on any atom is 0.265 e. The van der Waals surface area contributed by atoms with E-state index in [0.29, 0.717) is 9.23 Å². The number of rotatable bonds is 1. The average molecular weight is 272 g/mol. The first-order valence-corrected chi connectivity index (χ1v) is 7.06. The number of hydrogen-bond acceptors (Lipinski definition) is 5. The van der Waals surface area contributed by atoms with Gasteiger partial charge in [0.05, 0.1) is 9.93 Å². The molecule has 2 saturated heterocycles. The van der Waals surface area contributed by atoms with Crippen LogP contribution in [-0.4, -0.2) is 46.4 Å². The van der Waals surface area contributed by atoms with Gasteiger partial charge in [-0.3, -0.25) is 9.69 Å². The summed E-state index contributed by atoms with van der Waals surface area (Å²) in [6.07, 6.45) is 3.87. The van der Waals surface area contributed by atoms with Gasteiger partial charge in [0, 0.05) is 26.4 Å². The first kappa shape index (κ1) is 12.0. The van der Waals surface area contributed by atoms with Gasteiger partial charge in [-0.05, 0) is 12.2 Å². The summed E-state index contributed by atoms with van der Waals surface area (Å²) in [5.41, 5.74) is 0. The Kier molecular flexibility index (Phi) is 3.61. The maximum atomic E-state index is 11.7. The summed E-state index contributed by atoms with van der Waals surface area (Å²) < 4.78 is 0.627. The Labute approximate surface area is 109 Å². The first-order valence-electron chi connectivity index (χ1n) is 4.85. The van der Waals surface area contributed by atoms with Crippen molar-refractivity contribution in [2.24, 2.45) is 0 Å². The molecule has 0 radical (unpaired) electrons. The zero-order valence-electron chi connectivity index (χ0n) is 9.10. The lowest BCUT2D eigenvalue weighted by Gasteiger charge is -2.09. The average Bonchev–Trinajstić information content (AvgIpc) is 2.76. The number of nitrogens with zero attached hydrogens (tertiary/aromatic N) is 2. The third-order valence-corrected chi connectivity index (χ3v) is 5.05. The van der Waals surface area contributed by atoms with Gasteiger partial charge in [0.2, 0.25) is 0 Å². The molecule has 0 unspecified atom stereocenters. The lowest BCUT2D eigenvalue weighted by Crippen LogP contribution is -2.22. The minimum Gasteiger partial charge on any atom is -0.369 e. The molecule has 2 aliphatic rings. The topological polar surface area (TPSA) is 23.6 Å². The number of thiocarbonyl (C=S) groups is 1. The second-order valence-corrected chi connectivity index (χ2v) is 6.33. The fraction of sp³-hybridized carbons (Fsp3) is 0.400. The monoisotopic (exact) mass is 272 g/mol. The smallest absolute Gasteiger partial charge is 0.265 e. The molecule has 3 nitrogen and oxygen atoms in total. The molecular weight excluding hydrogens is 260 g/mol. The maximum absolute atomic E-state index is 11.7. The molecule has 2 rings (SSSR count). The number of hydrogen-bond donors (Lipinski definition) is 0. The third-order valence-electron chi connectivity index (χ3n) is 2.42. The van der Waals surface area contributed by atoms with Crippen LogP contribution in [0.25, 0.3) is 0 Å². The lowest BCUT2D eigenvalue weighted by atomic mass is 10.4. The number of amides is 1. The van der Waals surface area contributed by atoms with Crippen molar-refractivity contribution in [2.45, 2.75) is 0 Å². The summed E-state index contributed by atoms with van der Waals surface area (Å²) in [7, 11) is 3.77. The number of likely N-dealkylation sites (N-methyl/N-ethyl adjacent to an activating group) is 1. The summed E-state index contributed by atoms with van der Waals surface area (Å²) in [5.74, 6) is 1.11. The van der Waals surface area contributed by atoms with E-state index in [0.717, 1.165) is 12.3 Å². The normalized spacial score (nSPS) is 26.6. The molecular formula is C10H12N2OS3. The number of thioether (sulfide) groups is 2. The van der Waals surface area contributed by atoms with Crippen LogP contribution in [0.1, 0.15) is 0 Å². The van der Waals surface area contributed by atoms with E-state index >= 15 is 0 Å². The van der Waals surface area contributed by atoms with Gasteiger partial charge in [-0.1, -0.05) is 24.0 Å². The number of carbonyl (C=O) groups excluding carboxylic acids is 1. The second kappa shape index (κ2) is 4.81. The molecule has 2 fully saturated rings. The highest BCUT2D eigenvalue weighted by molar-refractivity contribution is 8.26. The Morgan fingerprint density at radius 1 is 1.38 bits per heavy atom. The molecule has 2 aliphatic heterocycles. The standard InChI is InChI=1S/C10H12N2OS3/c1-11-5-6-15-8(11)4-3-7-9(13)12(2)10(14)16-7/h3-4H,5-6H2,1-2H3/b7-3-,8-4-. The van der Waals surface area contributed by atoms with E-state index in [2.05, 4.69) is 11.9 Å². The van der Waals surface area contributed by atoms with Crippen LogP contribution in [0.5, 0.6) is 0 Å². The molecule has 0 aromatic rings. The molecule has 0 N–H and O–H groups in total. The molecule has 16 heavy (non-hydrogen) atoms. The summed E-state index contributed by atoms with van der Waals surface area (Å²) in [6, 6.07) is 0. The largest absolute Gasteiger partial charge is 0.369 e. The van der Waals surface area contributed by atoms with E-state index in [4.69, 9.17) is 12.2 Å². The van der Waals surface area contributed by atoms with Crippen molar-refractivity contribution in [1.29, 1.82) is 0 Å². The van der Waals surface area contributed by atoms with Crippen LogP contribution in [0.15, 0.2) is 22.1 Å². The quantitative estimate of drug-likeness (QED) is 0.536. The van der Waals surface area contributed by atoms with Gasteiger partial charge >= 0.3 is 0 Å². The molecule has 1 amide bonds. The SMILES string of the molecule is CN1C(=O)/C(=C/C=C2\SCCN2C)SC1=S. The number of carbonyl (C=O) groups is 1. The van der Waals surface area contributed by atoms with Crippen LogP contribution < -0.4 is 0 Å². The summed E-state index contributed by atoms with van der Waals surface area (Å²) in [5, 5.41) is 1.21. The molecule has 0 aromatic carbocycles. The highest BCUT2D eigenvalue weighted by atomic mass is 32.2. The fourth-order valence-corrected chi connectivity index (χ4v) is 3.56. The van der Waals surface area contributed by atoms with Crippen molar-refractivity contribution in [2.75, 3.05) is 26.4 Å². The molecule has 6 heteroatoms. The van der Waals surface area contributed by atoms with Crippen molar-refractivity contribution in [1.82, 2.24) is 9.80 Å². The van der Waals surface area contributed by atoms with Gasteiger partial charge in [0.1, 0.15) is 4.32 Å². The van der Waals surface area contributed by atoms with E-state index in [1.54, 1.807) is 7.05 Å². The highest BCUT2D eigenvalue weighted by Crippen LogP contribution is 2.31. The van der Waals surface area contributed by atoms with Gasteiger partial charge in [-0.15, -0.1) is 11.8 Å². The predicted octanol–water partition coefficient (Wildman–Crippen LogP) is 1.88. The predicted molar refractivity (Wildman–Crippen MR) is 74.2 cm³/mol. The van der Waals surface area contributed by atoms with Crippen LogP contribution in [0, 0.1) is 0 Å². The fourth-order valence-electron chi connectivity index (χ4n) is 1.39. The number of allylic oxidation sites excluding steroid dienone is 2. The van der Waals surface area contributed by atoms with Gasteiger partial charge in [-0.2, -0.15) is 0 Å². The van der Waals surface area contributed by atoms with Gasteiger partial charge in [0.25, 0.3) is 5.91 Å². The van der Waals surface area contributed by atoms with E-state index < -0.39 is 0 Å². The van der Waals surface area contributed by atoms with Crippen LogP contribution in [0.4, 0.5) is 0 Å². The van der Waals surface area contributed by atoms with Crippen molar-refractivity contribution in [3.63, 3.8) is 0 Å². The first-order chi connectivity index (χ1) is 7.59. The van der Waals surface area contributed by atoms with Crippen molar-refractivity contribution in [3.8, 4) is 0 Å². The lowest BCUT2D eigenvalue weighted by molar-refractivity contribution is -0.121. The van der Waals surface area contributed by atoms with Crippen LogP contribution >= 0.6 is 35.7 Å². The molecule has 0 saturated carbocycles. The highest BCUT2D eigenvalue weighted by Gasteiger charge is 2.28. The van der Waals surface area contributed by atoms with E-state index in [1.165, 1.54) is 21.7 Å². The molecule has 0 bridgehead atoms. The van der Waals surface area contributed by atoms with Crippen molar-refractivity contribution in [3.05, 3.63) is 22.1 Å². The van der Waals surface area contributed by atoms with Crippen LogP contribution in [0.2, 0.25) is 0 Å². The Morgan fingerprint density at radius 2 is 2.12 bits per heavy atom. The van der Waals surface area contributed by atoms with Crippen LogP contribution in [0.3, 0.4) is 0 Å². The molecule has 0 atom stereocenters.